The highest BCUT2D eigenvalue weighted by Crippen LogP contribution is 2.25. The summed E-state index contributed by atoms with van der Waals surface area (Å²) in [4.78, 5) is 21.7. The highest BCUT2D eigenvalue weighted by Gasteiger charge is 2.28. The van der Waals surface area contributed by atoms with Crippen molar-refractivity contribution in [2.24, 2.45) is 0 Å². The summed E-state index contributed by atoms with van der Waals surface area (Å²) in [5.74, 6) is 0.460. The van der Waals surface area contributed by atoms with Gasteiger partial charge in [0.25, 0.3) is 5.91 Å². The monoisotopic (exact) mass is 239 g/mol. The van der Waals surface area contributed by atoms with E-state index in [-0.39, 0.29) is 5.91 Å². The van der Waals surface area contributed by atoms with Gasteiger partial charge in [0.05, 0.1) is 5.56 Å². The van der Waals surface area contributed by atoms with Gasteiger partial charge in [0.1, 0.15) is 6.33 Å². The van der Waals surface area contributed by atoms with Gasteiger partial charge in [-0.25, -0.2) is 9.97 Å². The molecule has 0 bridgehead atoms. The Bertz CT molecular complexity index is 354. The van der Waals surface area contributed by atoms with Crippen LogP contribution in [-0.4, -0.2) is 39.2 Å². The lowest BCUT2D eigenvalue weighted by Gasteiger charge is -2.37. The molecule has 86 valence electrons. The minimum absolute atomic E-state index is 0.00838. The van der Waals surface area contributed by atoms with Crippen LogP contribution in [0.4, 0.5) is 0 Å². The highest BCUT2D eigenvalue weighted by atomic mass is 35.5. The van der Waals surface area contributed by atoms with Crippen molar-refractivity contribution >= 4 is 17.5 Å². The van der Waals surface area contributed by atoms with Crippen LogP contribution in [0.25, 0.3) is 0 Å². The van der Waals surface area contributed by atoms with E-state index in [9.17, 15) is 4.79 Å². The van der Waals surface area contributed by atoms with Gasteiger partial charge < -0.3 is 4.90 Å². The molecule has 0 atom stereocenters. The maximum Gasteiger partial charge on any atom is 0.257 e. The van der Waals surface area contributed by atoms with Crippen molar-refractivity contribution in [2.45, 2.75) is 25.3 Å². The third-order valence-electron chi connectivity index (χ3n) is 2.91. The third-order valence-corrected chi connectivity index (χ3v) is 3.08. The average molecular weight is 240 g/mol. The van der Waals surface area contributed by atoms with Crippen LogP contribution in [0.15, 0.2) is 18.7 Å². The minimum atomic E-state index is -0.00838. The van der Waals surface area contributed by atoms with Crippen LogP contribution in [0.5, 0.6) is 0 Å². The van der Waals surface area contributed by atoms with Crippen molar-refractivity contribution < 1.29 is 4.79 Å². The molecule has 0 radical (unpaired) electrons. The minimum Gasteiger partial charge on any atom is -0.334 e. The Morgan fingerprint density at radius 2 is 2.12 bits per heavy atom. The fourth-order valence-electron chi connectivity index (χ4n) is 1.81. The van der Waals surface area contributed by atoms with E-state index >= 15 is 0 Å². The molecule has 1 fully saturated rings. The predicted molar refractivity (Wildman–Crippen MR) is 61.4 cm³/mol. The lowest BCUT2D eigenvalue weighted by molar-refractivity contribution is 0.0597. The first-order valence-electron chi connectivity index (χ1n) is 5.45. The van der Waals surface area contributed by atoms with Crippen LogP contribution in [-0.2, 0) is 0 Å². The average Bonchev–Trinajstić information content (AvgIpc) is 2.26. The number of nitrogens with zero attached hydrogens (tertiary/aromatic N) is 3. The van der Waals surface area contributed by atoms with Crippen LogP contribution < -0.4 is 0 Å². The van der Waals surface area contributed by atoms with E-state index in [1.54, 1.807) is 12.4 Å². The van der Waals surface area contributed by atoms with Gasteiger partial charge in [-0.3, -0.25) is 4.79 Å². The normalized spacial score (nSPS) is 15.6. The maximum absolute atomic E-state index is 12.2. The number of aromatic nitrogens is 2. The molecule has 2 rings (SSSR count). The van der Waals surface area contributed by atoms with Gasteiger partial charge in [-0.15, -0.1) is 11.6 Å². The summed E-state index contributed by atoms with van der Waals surface area (Å²) in [5.41, 5.74) is 0.541. The van der Waals surface area contributed by atoms with Crippen molar-refractivity contribution in [1.82, 2.24) is 14.9 Å². The number of rotatable bonds is 4. The van der Waals surface area contributed by atoms with E-state index in [0.717, 1.165) is 12.8 Å². The van der Waals surface area contributed by atoms with E-state index in [1.807, 2.05) is 4.90 Å². The number of carbonyl (C=O) groups excluding carboxylic acids is 1. The van der Waals surface area contributed by atoms with E-state index in [0.29, 0.717) is 24.0 Å². The molecule has 1 aliphatic carbocycles. The zero-order valence-corrected chi connectivity index (χ0v) is 9.73. The van der Waals surface area contributed by atoms with Gasteiger partial charge in [0.15, 0.2) is 0 Å². The number of alkyl halides is 1. The molecule has 0 aromatic carbocycles. The first kappa shape index (κ1) is 11.3. The lowest BCUT2D eigenvalue weighted by Crippen LogP contribution is -2.45. The molecular formula is C11H14ClN3O. The Hall–Kier alpha value is -1.16. The first-order chi connectivity index (χ1) is 7.83. The number of carbonyl (C=O) groups is 1. The third kappa shape index (κ3) is 2.32. The van der Waals surface area contributed by atoms with Crippen molar-refractivity contribution in [1.29, 1.82) is 0 Å². The predicted octanol–water partition coefficient (Wildman–Crippen LogP) is 1.71. The Kier molecular flexibility index (Phi) is 3.72. The zero-order valence-electron chi connectivity index (χ0n) is 8.97. The van der Waals surface area contributed by atoms with Crippen LogP contribution in [0.3, 0.4) is 0 Å². The number of hydrogen-bond acceptors (Lipinski definition) is 3. The summed E-state index contributed by atoms with van der Waals surface area (Å²) in [5, 5.41) is 0. The Morgan fingerprint density at radius 3 is 2.62 bits per heavy atom. The van der Waals surface area contributed by atoms with Crippen molar-refractivity contribution in [3.63, 3.8) is 0 Å². The summed E-state index contributed by atoms with van der Waals surface area (Å²) in [6, 6.07) is 0.353. The number of hydrogen-bond donors (Lipinski definition) is 0. The van der Waals surface area contributed by atoms with Gasteiger partial charge in [0.2, 0.25) is 0 Å². The second-order valence-corrected chi connectivity index (χ2v) is 4.28. The van der Waals surface area contributed by atoms with Crippen LogP contribution >= 0.6 is 11.6 Å². The van der Waals surface area contributed by atoms with E-state index < -0.39 is 0 Å². The molecule has 16 heavy (non-hydrogen) atoms. The molecule has 0 aliphatic heterocycles. The van der Waals surface area contributed by atoms with Gasteiger partial charge in [-0.05, 0) is 19.3 Å². The SMILES string of the molecule is O=C(c1cncnc1)N(CCCl)C1CCC1. The number of amides is 1. The summed E-state index contributed by atoms with van der Waals surface area (Å²) < 4.78 is 0. The van der Waals surface area contributed by atoms with Crippen molar-refractivity contribution in [3.05, 3.63) is 24.3 Å². The van der Waals surface area contributed by atoms with Crippen LogP contribution in [0, 0.1) is 0 Å². The molecular weight excluding hydrogens is 226 g/mol. The first-order valence-corrected chi connectivity index (χ1v) is 5.98. The van der Waals surface area contributed by atoms with E-state index in [4.69, 9.17) is 11.6 Å². The standard InChI is InChI=1S/C11H14ClN3O/c12-4-5-15(10-2-1-3-10)11(16)9-6-13-8-14-7-9/h6-8,10H,1-5H2. The Labute approximate surface area is 99.6 Å². The molecule has 1 amide bonds. The molecule has 1 heterocycles. The molecule has 4 nitrogen and oxygen atoms in total. The van der Waals surface area contributed by atoms with Crippen LogP contribution in [0.2, 0.25) is 0 Å². The largest absolute Gasteiger partial charge is 0.334 e. The molecule has 1 aliphatic rings. The second-order valence-electron chi connectivity index (χ2n) is 3.90. The summed E-state index contributed by atoms with van der Waals surface area (Å²) in [7, 11) is 0. The summed E-state index contributed by atoms with van der Waals surface area (Å²) in [6.45, 7) is 0.597. The highest BCUT2D eigenvalue weighted by molar-refractivity contribution is 6.18. The Morgan fingerprint density at radius 1 is 1.44 bits per heavy atom. The fraction of sp³-hybridized carbons (Fsp3) is 0.545. The molecule has 1 aromatic rings. The molecule has 1 saturated carbocycles. The number of halogens is 1. The quantitative estimate of drug-likeness (QED) is 0.752. The second kappa shape index (κ2) is 5.25. The van der Waals surface area contributed by atoms with Gasteiger partial charge >= 0.3 is 0 Å². The van der Waals surface area contributed by atoms with Crippen molar-refractivity contribution in [3.8, 4) is 0 Å². The molecule has 5 heteroatoms. The zero-order chi connectivity index (χ0) is 11.4. The van der Waals surface area contributed by atoms with Crippen molar-refractivity contribution in [2.75, 3.05) is 12.4 Å². The molecule has 0 saturated heterocycles. The summed E-state index contributed by atoms with van der Waals surface area (Å²) >= 11 is 5.73. The van der Waals surface area contributed by atoms with Gasteiger partial charge in [0, 0.05) is 30.9 Å². The molecule has 0 unspecified atom stereocenters. The maximum atomic E-state index is 12.2. The summed E-state index contributed by atoms with van der Waals surface area (Å²) in [6.07, 6.45) is 7.88. The van der Waals surface area contributed by atoms with E-state index in [2.05, 4.69) is 9.97 Å². The Balaban J connectivity index is 2.10. The molecule has 1 aromatic heterocycles. The topological polar surface area (TPSA) is 46.1 Å². The lowest BCUT2D eigenvalue weighted by atomic mass is 9.91. The smallest absolute Gasteiger partial charge is 0.257 e. The molecule has 0 spiro atoms. The van der Waals surface area contributed by atoms with Gasteiger partial charge in [-0.2, -0.15) is 0 Å². The fourth-order valence-corrected chi connectivity index (χ4v) is 2.00. The van der Waals surface area contributed by atoms with E-state index in [1.165, 1.54) is 12.7 Å². The molecule has 0 N–H and O–H groups in total. The van der Waals surface area contributed by atoms with Gasteiger partial charge in [-0.1, -0.05) is 0 Å². The van der Waals surface area contributed by atoms with Crippen LogP contribution in [0.1, 0.15) is 29.6 Å².